The molecule has 0 bridgehead atoms. The van der Waals surface area contributed by atoms with Crippen molar-refractivity contribution in [2.24, 2.45) is 15.2 Å². The van der Waals surface area contributed by atoms with Gasteiger partial charge in [-0.15, -0.1) is 10.2 Å². The number of hydrogen-bond donors (Lipinski definition) is 0. The molecule has 0 saturated heterocycles. The maximum Gasteiger partial charge on any atom is 0.299 e. The van der Waals surface area contributed by atoms with Gasteiger partial charge in [-0.3, -0.25) is 4.79 Å². The third-order valence-corrected chi connectivity index (χ3v) is 2.87. The summed E-state index contributed by atoms with van der Waals surface area (Å²) in [5.74, 6) is -0.295. The Bertz CT molecular complexity index is 539. The topological polar surface area (TPSA) is 54.1 Å². The molecule has 1 aromatic rings. The molecule has 1 aliphatic heterocycles. The van der Waals surface area contributed by atoms with E-state index >= 15 is 0 Å². The molecule has 86 valence electrons. The van der Waals surface area contributed by atoms with Crippen molar-refractivity contribution < 1.29 is 9.18 Å². The quantitative estimate of drug-likeness (QED) is 0.757. The van der Waals surface area contributed by atoms with Crippen LogP contribution in [0.4, 0.5) is 4.39 Å². The zero-order valence-corrected chi connectivity index (χ0v) is 9.58. The molecule has 6 heteroatoms. The van der Waals surface area contributed by atoms with E-state index in [4.69, 9.17) is 0 Å². The Labute approximate surface area is 101 Å². The van der Waals surface area contributed by atoms with Crippen molar-refractivity contribution in [3.8, 4) is 0 Å². The molecule has 0 fully saturated rings. The first kappa shape index (κ1) is 11.7. The number of azo groups is 1. The van der Waals surface area contributed by atoms with Gasteiger partial charge in [0.15, 0.2) is 0 Å². The molecular weight excluding hydrogens is 241 g/mol. The van der Waals surface area contributed by atoms with Gasteiger partial charge >= 0.3 is 0 Å². The van der Waals surface area contributed by atoms with E-state index in [-0.39, 0.29) is 16.7 Å². The molecule has 0 aliphatic carbocycles. The summed E-state index contributed by atoms with van der Waals surface area (Å²) in [4.78, 5) is 14.8. The Morgan fingerprint density at radius 2 is 2.18 bits per heavy atom. The van der Waals surface area contributed by atoms with E-state index in [1.807, 2.05) is 0 Å². The van der Waals surface area contributed by atoms with Crippen LogP contribution in [0.15, 0.2) is 51.8 Å². The smallest absolute Gasteiger partial charge is 0.265 e. The first-order chi connectivity index (χ1) is 8.15. The number of nitrogens with zero attached hydrogens (tertiary/aromatic N) is 3. The van der Waals surface area contributed by atoms with Crippen molar-refractivity contribution in [2.75, 3.05) is 0 Å². The zero-order chi connectivity index (χ0) is 12.3. The lowest BCUT2D eigenvalue weighted by molar-refractivity contribution is -0.114. The Kier molecular flexibility index (Phi) is 3.43. The number of halogens is 1. The number of amidine groups is 1. The summed E-state index contributed by atoms with van der Waals surface area (Å²) in [5.41, 5.74) is 0.824. The number of benzene rings is 1. The molecule has 1 aromatic carbocycles. The van der Waals surface area contributed by atoms with Gasteiger partial charge in [-0.1, -0.05) is 30.5 Å². The number of thioether (sulfide) groups is 1. The van der Waals surface area contributed by atoms with Crippen molar-refractivity contribution >= 4 is 22.8 Å². The van der Waals surface area contributed by atoms with Gasteiger partial charge < -0.3 is 0 Å². The average Bonchev–Trinajstić information content (AvgIpc) is 2.31. The van der Waals surface area contributed by atoms with Gasteiger partial charge in [-0.2, -0.15) is 4.99 Å². The van der Waals surface area contributed by atoms with Crippen LogP contribution in [-0.4, -0.2) is 11.1 Å². The second-order valence-electron chi connectivity index (χ2n) is 3.26. The first-order valence-corrected chi connectivity index (χ1v) is 5.74. The van der Waals surface area contributed by atoms with Gasteiger partial charge in [0.05, 0.1) is 0 Å². The number of carbonyl (C=O) groups excluding carboxylic acids is 1. The lowest BCUT2D eigenvalue weighted by atomic mass is 10.2. The van der Waals surface area contributed by atoms with Crippen LogP contribution >= 0.6 is 11.8 Å². The minimum atomic E-state index is -0.484. The number of rotatable bonds is 2. The molecule has 1 heterocycles. The Balaban J connectivity index is 2.00. The van der Waals surface area contributed by atoms with E-state index in [9.17, 15) is 9.18 Å². The second-order valence-corrected chi connectivity index (χ2v) is 4.21. The Morgan fingerprint density at radius 1 is 1.35 bits per heavy atom. The average molecular weight is 249 g/mol. The van der Waals surface area contributed by atoms with E-state index < -0.39 is 5.91 Å². The fourth-order valence-corrected chi connectivity index (χ4v) is 1.88. The van der Waals surface area contributed by atoms with E-state index in [0.717, 1.165) is 5.56 Å². The summed E-state index contributed by atoms with van der Waals surface area (Å²) in [6.45, 7) is 3.38. The first-order valence-electron chi connectivity index (χ1n) is 4.76. The summed E-state index contributed by atoms with van der Waals surface area (Å²) in [6.07, 6.45) is 0. The molecule has 0 atom stereocenters. The van der Waals surface area contributed by atoms with Gasteiger partial charge in [0.1, 0.15) is 11.5 Å². The molecule has 0 saturated carbocycles. The van der Waals surface area contributed by atoms with Gasteiger partial charge in [0.2, 0.25) is 5.17 Å². The number of aliphatic imine (C=N–C) groups is 1. The van der Waals surface area contributed by atoms with E-state index in [0.29, 0.717) is 5.75 Å². The van der Waals surface area contributed by atoms with Gasteiger partial charge in [-0.05, 0) is 17.7 Å². The van der Waals surface area contributed by atoms with Crippen LogP contribution in [0.2, 0.25) is 0 Å². The predicted octanol–water partition coefficient (Wildman–Crippen LogP) is 2.92. The maximum atomic E-state index is 12.9. The molecule has 0 unspecified atom stereocenters. The number of hydrogen-bond acceptors (Lipinski definition) is 4. The summed E-state index contributed by atoms with van der Waals surface area (Å²) >= 11 is 1.23. The van der Waals surface area contributed by atoms with Crippen molar-refractivity contribution in [3.63, 3.8) is 0 Å². The molecule has 1 amide bonds. The minimum Gasteiger partial charge on any atom is -0.265 e. The third kappa shape index (κ3) is 3.07. The highest BCUT2D eigenvalue weighted by molar-refractivity contribution is 8.13. The fraction of sp³-hybridized carbons (Fsp3) is 0.0909. The van der Waals surface area contributed by atoms with Crippen LogP contribution in [0.25, 0.3) is 0 Å². The molecule has 4 nitrogen and oxygen atoms in total. The van der Waals surface area contributed by atoms with Crippen LogP contribution in [0.1, 0.15) is 5.56 Å². The molecule has 17 heavy (non-hydrogen) atoms. The van der Waals surface area contributed by atoms with Crippen LogP contribution < -0.4 is 0 Å². The van der Waals surface area contributed by atoms with Crippen molar-refractivity contribution in [1.29, 1.82) is 0 Å². The highest BCUT2D eigenvalue weighted by Gasteiger charge is 2.13. The molecule has 1 aliphatic rings. The normalized spacial score (nSPS) is 15.0. The van der Waals surface area contributed by atoms with Crippen LogP contribution in [0.5, 0.6) is 0 Å². The van der Waals surface area contributed by atoms with E-state index in [2.05, 4.69) is 21.8 Å². The summed E-state index contributed by atoms with van der Waals surface area (Å²) in [5, 5.41) is 7.57. The van der Waals surface area contributed by atoms with Crippen molar-refractivity contribution in [3.05, 3.63) is 47.9 Å². The van der Waals surface area contributed by atoms with Crippen molar-refractivity contribution in [2.45, 2.75) is 5.75 Å². The monoisotopic (exact) mass is 249 g/mol. The predicted molar refractivity (Wildman–Crippen MR) is 64.1 cm³/mol. The highest BCUT2D eigenvalue weighted by atomic mass is 32.2. The molecule has 2 rings (SSSR count). The Hall–Kier alpha value is -1.82. The lowest BCUT2D eigenvalue weighted by Crippen LogP contribution is -2.04. The SMILES string of the molecule is C=C1N=NC(SCc2cccc(F)c2)=NC1=O. The molecule has 0 N–H and O–H groups in total. The van der Waals surface area contributed by atoms with Gasteiger partial charge in [0.25, 0.3) is 5.91 Å². The van der Waals surface area contributed by atoms with Gasteiger partial charge in [-0.25, -0.2) is 4.39 Å². The second kappa shape index (κ2) is 5.01. The molecular formula is C11H8FN3OS. The van der Waals surface area contributed by atoms with Crippen LogP contribution in [0.3, 0.4) is 0 Å². The van der Waals surface area contributed by atoms with Crippen LogP contribution in [0, 0.1) is 5.82 Å². The summed E-state index contributed by atoms with van der Waals surface area (Å²) in [7, 11) is 0. The number of carbonyl (C=O) groups is 1. The van der Waals surface area contributed by atoms with Crippen LogP contribution in [-0.2, 0) is 10.5 Å². The maximum absolute atomic E-state index is 12.9. The minimum absolute atomic E-state index is 0.0279. The van der Waals surface area contributed by atoms with E-state index in [1.54, 1.807) is 12.1 Å². The Morgan fingerprint density at radius 3 is 2.88 bits per heavy atom. The number of amides is 1. The van der Waals surface area contributed by atoms with Gasteiger partial charge in [0, 0.05) is 5.75 Å². The fourth-order valence-electron chi connectivity index (χ4n) is 1.16. The van der Waals surface area contributed by atoms with E-state index in [1.165, 1.54) is 23.9 Å². The molecule has 0 aromatic heterocycles. The summed E-state index contributed by atoms with van der Waals surface area (Å²) < 4.78 is 12.9. The molecule has 0 radical (unpaired) electrons. The standard InChI is InChI=1S/C11H8FN3OS/c1-7-10(16)13-11(15-14-7)17-6-8-3-2-4-9(12)5-8/h2-5H,1,6H2. The summed E-state index contributed by atoms with van der Waals surface area (Å²) in [6, 6.07) is 6.22. The third-order valence-electron chi connectivity index (χ3n) is 1.96. The van der Waals surface area contributed by atoms with Crippen molar-refractivity contribution in [1.82, 2.24) is 0 Å². The molecule has 0 spiro atoms. The largest absolute Gasteiger partial charge is 0.299 e. The highest BCUT2D eigenvalue weighted by Crippen LogP contribution is 2.19. The lowest BCUT2D eigenvalue weighted by Gasteiger charge is -2.04. The zero-order valence-electron chi connectivity index (χ0n) is 8.76.